The monoisotopic (exact) mass is 304 g/mol. The first-order valence-corrected chi connectivity index (χ1v) is 6.34. The lowest BCUT2D eigenvalue weighted by Gasteiger charge is -2.05. The summed E-state index contributed by atoms with van der Waals surface area (Å²) in [5, 5.41) is 28.9. The zero-order valence-corrected chi connectivity index (χ0v) is 11.8. The second kappa shape index (κ2) is 6.14. The molecule has 108 valence electrons. The lowest BCUT2D eigenvalue weighted by molar-refractivity contribution is -0.384. The Kier molecular flexibility index (Phi) is 4.29. The van der Waals surface area contributed by atoms with Gasteiger partial charge in [0.2, 0.25) is 0 Å². The van der Waals surface area contributed by atoms with Gasteiger partial charge in [0.05, 0.1) is 11.1 Å². The summed E-state index contributed by atoms with van der Waals surface area (Å²) in [6.07, 6.45) is 1.41. The zero-order chi connectivity index (χ0) is 15.4. The Morgan fingerprint density at radius 3 is 2.86 bits per heavy atom. The van der Waals surface area contributed by atoms with E-state index >= 15 is 0 Å². The fourth-order valence-corrected chi connectivity index (χ4v) is 1.84. The van der Waals surface area contributed by atoms with Crippen molar-refractivity contribution in [3.05, 3.63) is 46.0 Å². The molecular weight excluding hydrogens is 292 g/mol. The largest absolute Gasteiger partial charge is 0.507 e. The van der Waals surface area contributed by atoms with Gasteiger partial charge in [-0.25, -0.2) is 0 Å². The minimum absolute atomic E-state index is 0.00874. The third-order valence-corrected chi connectivity index (χ3v) is 3.12. The molecule has 0 heterocycles. The molecule has 0 fully saturated rings. The van der Waals surface area contributed by atoms with E-state index in [9.17, 15) is 15.2 Å². The van der Waals surface area contributed by atoms with Crippen LogP contribution in [0.5, 0.6) is 5.75 Å². The van der Waals surface area contributed by atoms with E-state index in [-0.39, 0.29) is 11.4 Å². The number of nitro benzene ring substituents is 1. The Morgan fingerprint density at radius 1 is 1.43 bits per heavy atom. The molecule has 21 heavy (non-hydrogen) atoms. The van der Waals surface area contributed by atoms with Crippen molar-refractivity contribution in [2.24, 2.45) is 5.10 Å². The Balaban J connectivity index is 2.45. The molecule has 0 bridgehead atoms. The van der Waals surface area contributed by atoms with Crippen molar-refractivity contribution in [1.29, 1.82) is 0 Å². The molecule has 0 aliphatic heterocycles. The van der Waals surface area contributed by atoms with Gasteiger partial charge in [0.15, 0.2) is 5.11 Å². The molecule has 2 rings (SSSR count). The molecule has 8 heteroatoms. The van der Waals surface area contributed by atoms with Gasteiger partial charge >= 0.3 is 0 Å². The fraction of sp³-hybridized carbons (Fsp3) is 0.0769. The number of hydrogen-bond acceptors (Lipinski definition) is 5. The highest BCUT2D eigenvalue weighted by Gasteiger charge is 2.10. The van der Waals surface area contributed by atoms with Gasteiger partial charge in [-0.1, -0.05) is 6.07 Å². The molecule has 2 aromatic rings. The first kappa shape index (κ1) is 14.7. The average molecular weight is 304 g/mol. The zero-order valence-electron chi connectivity index (χ0n) is 11.0. The van der Waals surface area contributed by atoms with Crippen LogP contribution in [0.4, 0.5) is 5.69 Å². The van der Waals surface area contributed by atoms with Crippen molar-refractivity contribution in [3.63, 3.8) is 0 Å². The molecule has 0 aromatic heterocycles. The number of non-ortho nitro benzene ring substituents is 1. The van der Waals surface area contributed by atoms with Crippen LogP contribution >= 0.6 is 12.2 Å². The third kappa shape index (κ3) is 3.23. The van der Waals surface area contributed by atoms with Crippen LogP contribution in [0.3, 0.4) is 0 Å². The van der Waals surface area contributed by atoms with Gasteiger partial charge in [-0.15, -0.1) is 0 Å². The third-order valence-electron chi connectivity index (χ3n) is 2.82. The van der Waals surface area contributed by atoms with Gasteiger partial charge in [0.25, 0.3) is 5.69 Å². The van der Waals surface area contributed by atoms with Crippen LogP contribution in [0.25, 0.3) is 10.8 Å². The average Bonchev–Trinajstić information content (AvgIpc) is 2.48. The summed E-state index contributed by atoms with van der Waals surface area (Å²) in [6.45, 7) is 0. The number of nitrogens with zero attached hydrogens (tertiary/aromatic N) is 2. The molecule has 0 aliphatic rings. The van der Waals surface area contributed by atoms with E-state index in [2.05, 4.69) is 15.8 Å². The van der Waals surface area contributed by atoms with E-state index in [1.54, 1.807) is 19.2 Å². The van der Waals surface area contributed by atoms with Crippen molar-refractivity contribution in [3.8, 4) is 5.75 Å². The molecule has 0 saturated heterocycles. The number of nitrogens with one attached hydrogen (secondary N) is 2. The molecule has 0 atom stereocenters. The number of phenolic OH excluding ortho intramolecular Hbond substituents is 1. The summed E-state index contributed by atoms with van der Waals surface area (Å²) in [4.78, 5) is 10.3. The van der Waals surface area contributed by atoms with Crippen LogP contribution in [0.1, 0.15) is 5.56 Å². The van der Waals surface area contributed by atoms with E-state index < -0.39 is 4.92 Å². The highest BCUT2D eigenvalue weighted by atomic mass is 32.1. The Morgan fingerprint density at radius 2 is 2.19 bits per heavy atom. The van der Waals surface area contributed by atoms with Crippen LogP contribution in [0.2, 0.25) is 0 Å². The van der Waals surface area contributed by atoms with Crippen LogP contribution in [-0.2, 0) is 0 Å². The minimum atomic E-state index is -0.465. The number of nitro groups is 1. The molecule has 0 amide bonds. The molecule has 0 saturated carbocycles. The number of benzene rings is 2. The van der Waals surface area contributed by atoms with Crippen molar-refractivity contribution < 1.29 is 10.0 Å². The molecular formula is C13H12N4O3S. The maximum atomic E-state index is 10.8. The number of fused-ring (bicyclic) bond motifs is 1. The standard InChI is InChI=1S/C13H12N4O3S/c1-14-13(21)16-15-7-11-10-4-3-9(17(19)20)6-8(10)2-5-12(11)18/h2-7,18H,1H3,(H2,14,16,21)/b15-7+. The maximum Gasteiger partial charge on any atom is 0.270 e. The Labute approximate surface area is 125 Å². The maximum absolute atomic E-state index is 10.8. The topological polar surface area (TPSA) is 99.8 Å². The fourth-order valence-electron chi connectivity index (χ4n) is 1.79. The number of aromatic hydroxyl groups is 1. The normalized spacial score (nSPS) is 10.7. The van der Waals surface area contributed by atoms with Gasteiger partial charge in [-0.05, 0) is 35.1 Å². The first-order chi connectivity index (χ1) is 10.0. The van der Waals surface area contributed by atoms with Crippen LogP contribution in [0, 0.1) is 10.1 Å². The first-order valence-electron chi connectivity index (χ1n) is 5.94. The number of thiocarbonyl (C=S) groups is 1. The smallest absolute Gasteiger partial charge is 0.270 e. The van der Waals surface area contributed by atoms with Gasteiger partial charge < -0.3 is 10.4 Å². The predicted molar refractivity (Wildman–Crippen MR) is 84.7 cm³/mol. The van der Waals surface area contributed by atoms with Crippen LogP contribution in [-0.4, -0.2) is 28.4 Å². The molecule has 2 aromatic carbocycles. The van der Waals surface area contributed by atoms with Crippen LogP contribution < -0.4 is 10.7 Å². The summed E-state index contributed by atoms with van der Waals surface area (Å²) >= 11 is 4.87. The van der Waals surface area contributed by atoms with Gasteiger partial charge in [0, 0.05) is 24.7 Å². The van der Waals surface area contributed by atoms with Crippen molar-refractivity contribution in [2.45, 2.75) is 0 Å². The lowest BCUT2D eigenvalue weighted by Crippen LogP contribution is -2.28. The summed E-state index contributed by atoms with van der Waals surface area (Å²) in [5.41, 5.74) is 3.02. The Bertz CT molecular complexity index is 746. The molecule has 0 unspecified atom stereocenters. The summed E-state index contributed by atoms with van der Waals surface area (Å²) in [5.74, 6) is 0.0253. The summed E-state index contributed by atoms with van der Waals surface area (Å²) in [6, 6.07) is 7.47. The lowest BCUT2D eigenvalue weighted by atomic mass is 10.0. The van der Waals surface area contributed by atoms with Crippen molar-refractivity contribution >= 4 is 40.0 Å². The van der Waals surface area contributed by atoms with E-state index in [1.165, 1.54) is 24.4 Å². The Hall–Kier alpha value is -2.74. The molecule has 0 spiro atoms. The molecule has 0 radical (unpaired) electrons. The molecule has 3 N–H and O–H groups in total. The number of hydrogen-bond donors (Lipinski definition) is 3. The van der Waals surface area contributed by atoms with Gasteiger partial charge in [-0.3, -0.25) is 15.5 Å². The highest BCUT2D eigenvalue weighted by molar-refractivity contribution is 7.80. The molecule has 7 nitrogen and oxygen atoms in total. The second-order valence-electron chi connectivity index (χ2n) is 4.11. The van der Waals surface area contributed by atoms with Gasteiger partial charge in [0.1, 0.15) is 5.75 Å². The van der Waals surface area contributed by atoms with Gasteiger partial charge in [-0.2, -0.15) is 5.10 Å². The SMILES string of the molecule is CNC(=S)N/N=C/c1c(O)ccc2cc([N+](=O)[O-])ccc12. The number of hydrazone groups is 1. The van der Waals surface area contributed by atoms with Crippen molar-refractivity contribution in [2.75, 3.05) is 7.05 Å². The highest BCUT2D eigenvalue weighted by Crippen LogP contribution is 2.28. The van der Waals surface area contributed by atoms with E-state index in [1.807, 2.05) is 0 Å². The summed E-state index contributed by atoms with van der Waals surface area (Å²) in [7, 11) is 1.65. The molecule has 0 aliphatic carbocycles. The van der Waals surface area contributed by atoms with E-state index in [0.29, 0.717) is 21.4 Å². The van der Waals surface area contributed by atoms with E-state index in [4.69, 9.17) is 12.2 Å². The second-order valence-corrected chi connectivity index (χ2v) is 4.52. The predicted octanol–water partition coefficient (Wildman–Crippen LogP) is 1.88. The van der Waals surface area contributed by atoms with Crippen LogP contribution in [0.15, 0.2) is 35.4 Å². The van der Waals surface area contributed by atoms with E-state index in [0.717, 1.165) is 0 Å². The number of phenols is 1. The number of rotatable bonds is 3. The van der Waals surface area contributed by atoms with Crippen molar-refractivity contribution in [1.82, 2.24) is 10.7 Å². The quantitative estimate of drug-likeness (QED) is 0.346. The minimum Gasteiger partial charge on any atom is -0.507 e. The summed E-state index contributed by atoms with van der Waals surface area (Å²) < 4.78 is 0.